The van der Waals surface area contributed by atoms with Crippen molar-refractivity contribution in [2.24, 2.45) is 5.92 Å². The maximum atomic E-state index is 8.80. The van der Waals surface area contributed by atoms with Gasteiger partial charge in [0.05, 0.1) is 13.2 Å². The second kappa shape index (κ2) is 3.04. The zero-order valence-electron chi connectivity index (χ0n) is 7.36. The van der Waals surface area contributed by atoms with E-state index in [0.29, 0.717) is 12.1 Å². The van der Waals surface area contributed by atoms with Gasteiger partial charge < -0.3 is 4.84 Å². The normalized spacial score (nSPS) is 41.2. The Bertz CT molecular complexity index is 197. The highest BCUT2D eigenvalue weighted by atomic mass is 16.7. The lowest BCUT2D eigenvalue weighted by molar-refractivity contribution is -0.185. The van der Waals surface area contributed by atoms with Crippen molar-refractivity contribution < 1.29 is 4.84 Å². The Kier molecular flexibility index (Phi) is 2.03. The van der Waals surface area contributed by atoms with Gasteiger partial charge in [0, 0.05) is 18.0 Å². The monoisotopic (exact) mass is 166 g/mol. The van der Waals surface area contributed by atoms with Crippen LogP contribution >= 0.6 is 0 Å². The molecule has 2 fully saturated rings. The summed E-state index contributed by atoms with van der Waals surface area (Å²) in [7, 11) is 1.73. The van der Waals surface area contributed by atoms with E-state index in [0.717, 1.165) is 12.8 Å². The van der Waals surface area contributed by atoms with Gasteiger partial charge in [-0.3, -0.25) is 0 Å². The molecular formula is C9H14N2O. The summed E-state index contributed by atoms with van der Waals surface area (Å²) in [6, 6.07) is 3.39. The lowest BCUT2D eigenvalue weighted by atomic mass is 9.94. The van der Waals surface area contributed by atoms with Gasteiger partial charge in [-0.2, -0.15) is 10.3 Å². The van der Waals surface area contributed by atoms with Crippen LogP contribution in [-0.4, -0.2) is 24.3 Å². The SMILES string of the molecule is CON1[C@@H]2CC[C@H]1CC(C#N)C2. The molecule has 2 bridgehead atoms. The van der Waals surface area contributed by atoms with Gasteiger partial charge >= 0.3 is 0 Å². The Labute approximate surface area is 72.9 Å². The molecule has 0 N–H and O–H groups in total. The molecule has 0 saturated carbocycles. The zero-order chi connectivity index (χ0) is 8.55. The Balaban J connectivity index is 2.07. The van der Waals surface area contributed by atoms with E-state index in [4.69, 9.17) is 10.1 Å². The first-order valence-electron chi connectivity index (χ1n) is 4.57. The fourth-order valence-electron chi connectivity index (χ4n) is 2.54. The van der Waals surface area contributed by atoms with E-state index in [-0.39, 0.29) is 5.92 Å². The van der Waals surface area contributed by atoms with E-state index in [1.54, 1.807) is 7.11 Å². The Morgan fingerprint density at radius 2 is 1.92 bits per heavy atom. The van der Waals surface area contributed by atoms with Gasteiger partial charge in [0.15, 0.2) is 0 Å². The molecule has 0 spiro atoms. The smallest absolute Gasteiger partial charge is 0.0657 e. The third-order valence-electron chi connectivity index (χ3n) is 3.06. The van der Waals surface area contributed by atoms with Crippen LogP contribution in [0.25, 0.3) is 0 Å². The van der Waals surface area contributed by atoms with Crippen LogP contribution < -0.4 is 0 Å². The molecule has 66 valence electrons. The van der Waals surface area contributed by atoms with Gasteiger partial charge in [0.25, 0.3) is 0 Å². The van der Waals surface area contributed by atoms with Crippen LogP contribution in [0.2, 0.25) is 0 Å². The van der Waals surface area contributed by atoms with Crippen molar-refractivity contribution in [2.45, 2.75) is 37.8 Å². The molecule has 3 nitrogen and oxygen atoms in total. The maximum Gasteiger partial charge on any atom is 0.0657 e. The maximum absolute atomic E-state index is 8.80. The second-order valence-electron chi connectivity index (χ2n) is 3.72. The predicted octanol–water partition coefficient (Wildman–Crippen LogP) is 1.31. The average Bonchev–Trinajstić information content (AvgIpc) is 2.35. The molecule has 0 radical (unpaired) electrons. The molecule has 2 rings (SSSR count). The molecule has 0 aromatic carbocycles. The van der Waals surface area contributed by atoms with Gasteiger partial charge in [0.1, 0.15) is 0 Å². The minimum absolute atomic E-state index is 0.272. The summed E-state index contributed by atoms with van der Waals surface area (Å²) >= 11 is 0. The summed E-state index contributed by atoms with van der Waals surface area (Å²) in [4.78, 5) is 5.29. The van der Waals surface area contributed by atoms with Crippen LogP contribution in [0, 0.1) is 17.2 Å². The van der Waals surface area contributed by atoms with Gasteiger partial charge in [-0.15, -0.1) is 0 Å². The second-order valence-corrected chi connectivity index (χ2v) is 3.72. The molecule has 12 heavy (non-hydrogen) atoms. The van der Waals surface area contributed by atoms with Crippen LogP contribution in [0.3, 0.4) is 0 Å². The molecular weight excluding hydrogens is 152 g/mol. The molecule has 0 aliphatic carbocycles. The fourth-order valence-corrected chi connectivity index (χ4v) is 2.54. The number of fused-ring (bicyclic) bond motifs is 2. The third-order valence-corrected chi connectivity index (χ3v) is 3.06. The summed E-state index contributed by atoms with van der Waals surface area (Å²) in [5, 5.41) is 10.9. The number of hydrogen-bond donors (Lipinski definition) is 0. The Morgan fingerprint density at radius 3 is 2.33 bits per heavy atom. The first kappa shape index (κ1) is 8.03. The molecule has 2 saturated heterocycles. The van der Waals surface area contributed by atoms with Crippen molar-refractivity contribution in [1.82, 2.24) is 5.06 Å². The highest BCUT2D eigenvalue weighted by molar-refractivity contribution is 4.98. The lowest BCUT2D eigenvalue weighted by Gasteiger charge is -2.34. The van der Waals surface area contributed by atoms with Gasteiger partial charge in [0.2, 0.25) is 0 Å². The molecule has 0 amide bonds. The van der Waals surface area contributed by atoms with Crippen molar-refractivity contribution in [3.63, 3.8) is 0 Å². The summed E-state index contributed by atoms with van der Waals surface area (Å²) in [5.74, 6) is 0.272. The van der Waals surface area contributed by atoms with Crippen molar-refractivity contribution in [2.75, 3.05) is 7.11 Å². The van der Waals surface area contributed by atoms with Crippen molar-refractivity contribution in [1.29, 1.82) is 5.26 Å². The highest BCUT2D eigenvalue weighted by Gasteiger charge is 2.41. The lowest BCUT2D eigenvalue weighted by Crippen LogP contribution is -2.41. The summed E-state index contributed by atoms with van der Waals surface area (Å²) in [6.07, 6.45) is 4.41. The van der Waals surface area contributed by atoms with Crippen LogP contribution in [-0.2, 0) is 4.84 Å². The minimum Gasteiger partial charge on any atom is -0.302 e. The number of hydroxylamine groups is 2. The first-order chi connectivity index (χ1) is 5.85. The quantitative estimate of drug-likeness (QED) is 0.589. The number of nitrogens with zero attached hydrogens (tertiary/aromatic N) is 2. The predicted molar refractivity (Wildman–Crippen MR) is 44.0 cm³/mol. The van der Waals surface area contributed by atoms with Crippen molar-refractivity contribution in [3.05, 3.63) is 0 Å². The van der Waals surface area contributed by atoms with Crippen LogP contribution in [0.4, 0.5) is 0 Å². The zero-order valence-corrected chi connectivity index (χ0v) is 7.36. The van der Waals surface area contributed by atoms with E-state index in [2.05, 4.69) is 11.1 Å². The summed E-state index contributed by atoms with van der Waals surface area (Å²) in [5.41, 5.74) is 0. The number of rotatable bonds is 1. The largest absolute Gasteiger partial charge is 0.302 e. The van der Waals surface area contributed by atoms with Gasteiger partial charge in [-0.1, -0.05) is 0 Å². The molecule has 0 aromatic rings. The first-order valence-corrected chi connectivity index (χ1v) is 4.57. The standard InChI is InChI=1S/C9H14N2O/c1-12-11-8-2-3-9(11)5-7(4-8)6-10/h7-9H,2-5H2,1H3/t7?,8-,9+. The van der Waals surface area contributed by atoms with E-state index >= 15 is 0 Å². The number of hydrogen-bond acceptors (Lipinski definition) is 3. The summed E-state index contributed by atoms with van der Waals surface area (Å²) in [6.45, 7) is 0. The molecule has 2 aliphatic rings. The number of piperidine rings is 1. The Hall–Kier alpha value is -0.590. The van der Waals surface area contributed by atoms with E-state index in [1.807, 2.05) is 0 Å². The van der Waals surface area contributed by atoms with E-state index in [9.17, 15) is 0 Å². The van der Waals surface area contributed by atoms with Gasteiger partial charge in [-0.05, 0) is 25.7 Å². The van der Waals surface area contributed by atoms with Crippen LogP contribution in [0.1, 0.15) is 25.7 Å². The Morgan fingerprint density at radius 1 is 1.33 bits per heavy atom. The average molecular weight is 166 g/mol. The molecule has 2 aliphatic heterocycles. The van der Waals surface area contributed by atoms with Crippen molar-refractivity contribution in [3.8, 4) is 6.07 Å². The number of nitriles is 1. The minimum atomic E-state index is 0.272. The van der Waals surface area contributed by atoms with Crippen molar-refractivity contribution >= 4 is 0 Å². The molecule has 3 heteroatoms. The molecule has 2 heterocycles. The van der Waals surface area contributed by atoms with Crippen LogP contribution in [0.15, 0.2) is 0 Å². The van der Waals surface area contributed by atoms with E-state index < -0.39 is 0 Å². The topological polar surface area (TPSA) is 36.3 Å². The fraction of sp³-hybridized carbons (Fsp3) is 0.889. The van der Waals surface area contributed by atoms with Gasteiger partial charge in [-0.25, -0.2) is 0 Å². The van der Waals surface area contributed by atoms with E-state index in [1.165, 1.54) is 12.8 Å². The molecule has 3 atom stereocenters. The molecule has 1 unspecified atom stereocenters. The third kappa shape index (κ3) is 1.12. The molecule has 0 aromatic heterocycles. The van der Waals surface area contributed by atoms with Crippen LogP contribution in [0.5, 0.6) is 0 Å². The highest BCUT2D eigenvalue weighted by Crippen LogP contribution is 2.37. The summed E-state index contributed by atoms with van der Waals surface area (Å²) < 4.78 is 0.